The Morgan fingerprint density at radius 3 is 2.50 bits per heavy atom. The zero-order valence-corrected chi connectivity index (χ0v) is 18.1. The van der Waals surface area contributed by atoms with E-state index in [4.69, 9.17) is 27.9 Å². The van der Waals surface area contributed by atoms with Gasteiger partial charge < -0.3 is 10.1 Å². The van der Waals surface area contributed by atoms with Crippen molar-refractivity contribution in [1.29, 1.82) is 0 Å². The molecular weight excluding hydrogens is 423 g/mol. The number of halogens is 2. The molecule has 6 nitrogen and oxygen atoms in total. The first kappa shape index (κ1) is 22.5. The predicted molar refractivity (Wildman–Crippen MR) is 112 cm³/mol. The van der Waals surface area contributed by atoms with Crippen LogP contribution in [0.25, 0.3) is 0 Å². The molecule has 0 atom stereocenters. The minimum Gasteiger partial charge on any atom is -0.482 e. The number of carbonyl (C=O) groups excluding carboxylic acids is 1. The van der Waals surface area contributed by atoms with Gasteiger partial charge in [0.1, 0.15) is 5.75 Å². The lowest BCUT2D eigenvalue weighted by atomic mass is 10.2. The minimum absolute atomic E-state index is 0.0319. The van der Waals surface area contributed by atoms with E-state index >= 15 is 0 Å². The molecule has 0 aliphatic carbocycles. The van der Waals surface area contributed by atoms with Gasteiger partial charge in [0.15, 0.2) is 6.61 Å². The van der Waals surface area contributed by atoms with Crippen molar-refractivity contribution in [1.82, 2.24) is 4.72 Å². The number of rotatable bonds is 8. The van der Waals surface area contributed by atoms with Gasteiger partial charge in [-0.05, 0) is 48.7 Å². The molecule has 0 radical (unpaired) electrons. The number of benzene rings is 2. The quantitative estimate of drug-likeness (QED) is 0.636. The number of hydrogen-bond donors (Lipinski definition) is 2. The molecule has 0 saturated carbocycles. The molecule has 2 aromatic carbocycles. The first-order chi connectivity index (χ1) is 13.1. The van der Waals surface area contributed by atoms with Gasteiger partial charge in [-0.25, -0.2) is 13.1 Å². The molecule has 152 valence electrons. The number of hydrogen-bond acceptors (Lipinski definition) is 4. The average molecular weight is 445 g/mol. The molecule has 0 aliphatic rings. The van der Waals surface area contributed by atoms with Crippen molar-refractivity contribution in [2.45, 2.75) is 25.7 Å². The van der Waals surface area contributed by atoms with Gasteiger partial charge in [0, 0.05) is 17.3 Å². The van der Waals surface area contributed by atoms with Gasteiger partial charge in [0.05, 0.1) is 9.92 Å². The highest BCUT2D eigenvalue weighted by Crippen LogP contribution is 2.28. The fourth-order valence-electron chi connectivity index (χ4n) is 2.20. The highest BCUT2D eigenvalue weighted by molar-refractivity contribution is 7.89. The van der Waals surface area contributed by atoms with Gasteiger partial charge in [-0.15, -0.1) is 0 Å². The van der Waals surface area contributed by atoms with Crippen LogP contribution in [0.2, 0.25) is 10.0 Å². The summed E-state index contributed by atoms with van der Waals surface area (Å²) in [6, 6.07) is 9.28. The maximum Gasteiger partial charge on any atom is 0.262 e. The summed E-state index contributed by atoms with van der Waals surface area (Å²) in [5, 5.41) is 3.35. The predicted octanol–water partition coefficient (Wildman–Crippen LogP) is 4.25. The summed E-state index contributed by atoms with van der Waals surface area (Å²) >= 11 is 12.1. The highest BCUT2D eigenvalue weighted by Gasteiger charge is 2.17. The van der Waals surface area contributed by atoms with Crippen LogP contribution in [0.3, 0.4) is 0 Å². The first-order valence-corrected chi connectivity index (χ1v) is 10.8. The van der Waals surface area contributed by atoms with Crippen molar-refractivity contribution in [2.24, 2.45) is 5.92 Å². The normalized spacial score (nSPS) is 11.5. The summed E-state index contributed by atoms with van der Waals surface area (Å²) < 4.78 is 32.4. The van der Waals surface area contributed by atoms with Crippen molar-refractivity contribution in [3.63, 3.8) is 0 Å². The molecule has 0 spiro atoms. The monoisotopic (exact) mass is 444 g/mol. The van der Waals surface area contributed by atoms with Crippen molar-refractivity contribution in [2.75, 3.05) is 18.5 Å². The van der Waals surface area contributed by atoms with Gasteiger partial charge in [0.25, 0.3) is 5.91 Å². The Labute approximate surface area is 175 Å². The van der Waals surface area contributed by atoms with E-state index in [2.05, 4.69) is 10.0 Å². The molecule has 0 heterocycles. The van der Waals surface area contributed by atoms with Crippen LogP contribution in [-0.2, 0) is 14.8 Å². The maximum atomic E-state index is 12.2. The van der Waals surface area contributed by atoms with Crippen LogP contribution in [0.15, 0.2) is 41.3 Å². The molecule has 2 rings (SSSR count). The molecule has 0 bridgehead atoms. The fourth-order valence-corrected chi connectivity index (χ4v) is 3.91. The van der Waals surface area contributed by atoms with E-state index in [0.29, 0.717) is 17.3 Å². The first-order valence-electron chi connectivity index (χ1n) is 8.57. The zero-order valence-electron chi connectivity index (χ0n) is 15.8. The van der Waals surface area contributed by atoms with Crippen molar-refractivity contribution < 1.29 is 17.9 Å². The molecule has 28 heavy (non-hydrogen) atoms. The number of carbonyl (C=O) groups is 1. The van der Waals surface area contributed by atoms with E-state index in [0.717, 1.165) is 5.56 Å². The molecule has 1 amide bonds. The lowest BCUT2D eigenvalue weighted by Crippen LogP contribution is -2.27. The third-order valence-corrected chi connectivity index (χ3v) is 5.92. The third-order valence-electron chi connectivity index (χ3n) is 3.80. The summed E-state index contributed by atoms with van der Waals surface area (Å²) in [5.41, 5.74) is 1.34. The van der Waals surface area contributed by atoms with Gasteiger partial charge in [0.2, 0.25) is 10.0 Å². The molecule has 0 saturated heterocycles. The second kappa shape index (κ2) is 9.60. The Morgan fingerprint density at radius 2 is 1.86 bits per heavy atom. The summed E-state index contributed by atoms with van der Waals surface area (Å²) in [4.78, 5) is 12.1. The Morgan fingerprint density at radius 1 is 1.14 bits per heavy atom. The standard InChI is InChI=1S/C19H22Cl2N2O4S/c1-12(2)10-22-28(25,26)14-7-8-18(16(21)9-14)27-11-19(24)23-17-6-4-5-15(20)13(17)3/h4-9,12,22H,10-11H2,1-3H3,(H,23,24). The molecule has 0 unspecified atom stereocenters. The molecule has 0 aromatic heterocycles. The molecule has 9 heteroatoms. The smallest absolute Gasteiger partial charge is 0.262 e. The molecule has 0 aliphatic heterocycles. The fraction of sp³-hybridized carbons (Fsp3) is 0.316. The SMILES string of the molecule is Cc1c(Cl)cccc1NC(=O)COc1ccc(S(=O)(=O)NCC(C)C)cc1Cl. The van der Waals surface area contributed by atoms with Crippen LogP contribution in [0.4, 0.5) is 5.69 Å². The Bertz CT molecular complexity index is 962. The number of nitrogens with one attached hydrogen (secondary N) is 2. The van der Waals surface area contributed by atoms with E-state index in [1.54, 1.807) is 25.1 Å². The molecule has 2 aromatic rings. The number of ether oxygens (including phenoxy) is 1. The van der Waals surface area contributed by atoms with E-state index in [-0.39, 0.29) is 28.2 Å². The summed E-state index contributed by atoms with van der Waals surface area (Å²) in [6.07, 6.45) is 0. The van der Waals surface area contributed by atoms with Crippen LogP contribution < -0.4 is 14.8 Å². The molecular formula is C19H22Cl2N2O4S. The Kier molecular flexibility index (Phi) is 7.71. The largest absolute Gasteiger partial charge is 0.482 e. The number of amides is 1. The van der Waals surface area contributed by atoms with Crippen LogP contribution in [-0.4, -0.2) is 27.5 Å². The third kappa shape index (κ3) is 6.10. The maximum absolute atomic E-state index is 12.2. The van der Waals surface area contributed by atoms with E-state index < -0.39 is 15.9 Å². The van der Waals surface area contributed by atoms with Gasteiger partial charge >= 0.3 is 0 Å². The summed E-state index contributed by atoms with van der Waals surface area (Å²) in [6.45, 7) is 5.64. The molecule has 0 fully saturated rings. The Balaban J connectivity index is 2.01. The van der Waals surface area contributed by atoms with E-state index in [9.17, 15) is 13.2 Å². The van der Waals surface area contributed by atoms with Crippen LogP contribution in [0.1, 0.15) is 19.4 Å². The topological polar surface area (TPSA) is 84.5 Å². The van der Waals surface area contributed by atoms with Gasteiger partial charge in [-0.2, -0.15) is 0 Å². The average Bonchev–Trinajstić information content (AvgIpc) is 2.63. The second-order valence-electron chi connectivity index (χ2n) is 6.59. The Hall–Kier alpha value is -1.80. The van der Waals surface area contributed by atoms with E-state index in [1.165, 1.54) is 18.2 Å². The molecule has 2 N–H and O–H groups in total. The van der Waals surface area contributed by atoms with Crippen LogP contribution in [0.5, 0.6) is 5.75 Å². The highest BCUT2D eigenvalue weighted by atomic mass is 35.5. The summed E-state index contributed by atoms with van der Waals surface area (Å²) in [5.74, 6) is -0.00586. The lowest BCUT2D eigenvalue weighted by molar-refractivity contribution is -0.118. The van der Waals surface area contributed by atoms with Crippen molar-refractivity contribution >= 4 is 44.8 Å². The number of anilines is 1. The number of sulfonamides is 1. The van der Waals surface area contributed by atoms with Crippen molar-refractivity contribution in [3.05, 3.63) is 52.0 Å². The van der Waals surface area contributed by atoms with Crippen LogP contribution in [0, 0.1) is 12.8 Å². The zero-order chi connectivity index (χ0) is 20.9. The van der Waals surface area contributed by atoms with Gasteiger partial charge in [-0.1, -0.05) is 43.1 Å². The van der Waals surface area contributed by atoms with Crippen LogP contribution >= 0.6 is 23.2 Å². The minimum atomic E-state index is -3.66. The van der Waals surface area contributed by atoms with E-state index in [1.807, 2.05) is 13.8 Å². The second-order valence-corrected chi connectivity index (χ2v) is 9.17. The van der Waals surface area contributed by atoms with Crippen molar-refractivity contribution in [3.8, 4) is 5.75 Å². The van der Waals surface area contributed by atoms with Gasteiger partial charge in [-0.3, -0.25) is 4.79 Å². The summed E-state index contributed by atoms with van der Waals surface area (Å²) in [7, 11) is -3.66. The lowest BCUT2D eigenvalue weighted by Gasteiger charge is -2.12.